The van der Waals surface area contributed by atoms with Gasteiger partial charge in [0.15, 0.2) is 0 Å². The average molecular weight is 278 g/mol. The molecule has 0 aromatic rings. The lowest BCUT2D eigenvalue weighted by molar-refractivity contribution is 0.219. The standard InChI is InChI=1S/C12H26N2O3S/c1-10(4-5-15)7-13-18(16,17)14-8-11(2)6-12(3)9-14/h10-13,15H,4-9H2,1-3H3. The third-order valence-electron chi connectivity index (χ3n) is 3.41. The minimum atomic E-state index is -3.36. The first-order valence-electron chi connectivity index (χ1n) is 6.70. The second kappa shape index (κ2) is 6.84. The van der Waals surface area contributed by atoms with Crippen LogP contribution in [0.15, 0.2) is 0 Å². The molecule has 1 heterocycles. The van der Waals surface area contributed by atoms with Crippen LogP contribution in [0.3, 0.4) is 0 Å². The Kier molecular flexibility index (Phi) is 6.04. The fourth-order valence-corrected chi connectivity index (χ4v) is 4.04. The van der Waals surface area contributed by atoms with Gasteiger partial charge in [0.1, 0.15) is 0 Å². The van der Waals surface area contributed by atoms with Crippen molar-refractivity contribution in [3.8, 4) is 0 Å². The van der Waals surface area contributed by atoms with Gasteiger partial charge in [0.25, 0.3) is 10.2 Å². The lowest BCUT2D eigenvalue weighted by atomic mass is 9.94. The van der Waals surface area contributed by atoms with Crippen LogP contribution in [-0.4, -0.2) is 44.1 Å². The Labute approximate surface area is 111 Å². The topological polar surface area (TPSA) is 69.6 Å². The normalized spacial score (nSPS) is 28.2. The van der Waals surface area contributed by atoms with Crippen LogP contribution in [0.4, 0.5) is 0 Å². The van der Waals surface area contributed by atoms with Gasteiger partial charge in [0.2, 0.25) is 0 Å². The van der Waals surface area contributed by atoms with E-state index in [0.717, 1.165) is 6.42 Å². The van der Waals surface area contributed by atoms with E-state index in [2.05, 4.69) is 18.6 Å². The van der Waals surface area contributed by atoms with Crippen LogP contribution in [0.1, 0.15) is 33.6 Å². The maximum atomic E-state index is 12.1. The largest absolute Gasteiger partial charge is 0.396 e. The maximum absolute atomic E-state index is 12.1. The minimum Gasteiger partial charge on any atom is -0.396 e. The molecule has 108 valence electrons. The predicted molar refractivity (Wildman–Crippen MR) is 72.3 cm³/mol. The lowest BCUT2D eigenvalue weighted by Gasteiger charge is -2.34. The second-order valence-electron chi connectivity index (χ2n) is 5.73. The van der Waals surface area contributed by atoms with Gasteiger partial charge in [0.05, 0.1) is 0 Å². The Morgan fingerprint density at radius 3 is 2.39 bits per heavy atom. The number of nitrogens with one attached hydrogen (secondary N) is 1. The summed E-state index contributed by atoms with van der Waals surface area (Å²) in [5, 5.41) is 8.80. The molecule has 2 N–H and O–H groups in total. The summed E-state index contributed by atoms with van der Waals surface area (Å²) in [5.74, 6) is 0.991. The summed E-state index contributed by atoms with van der Waals surface area (Å²) in [6, 6.07) is 0. The molecule has 0 aromatic carbocycles. The molecule has 0 bridgehead atoms. The monoisotopic (exact) mass is 278 g/mol. The van der Waals surface area contributed by atoms with Gasteiger partial charge in [-0.25, -0.2) is 4.72 Å². The lowest BCUT2D eigenvalue weighted by Crippen LogP contribution is -2.48. The molecule has 0 saturated carbocycles. The molecule has 6 heteroatoms. The van der Waals surface area contributed by atoms with Crippen LogP contribution < -0.4 is 4.72 Å². The fraction of sp³-hybridized carbons (Fsp3) is 1.00. The summed E-state index contributed by atoms with van der Waals surface area (Å²) in [7, 11) is -3.36. The van der Waals surface area contributed by atoms with Crippen LogP contribution in [0.5, 0.6) is 0 Å². The van der Waals surface area contributed by atoms with Gasteiger partial charge >= 0.3 is 0 Å². The molecule has 1 aliphatic rings. The van der Waals surface area contributed by atoms with Crippen LogP contribution in [0.25, 0.3) is 0 Å². The number of aliphatic hydroxyl groups excluding tert-OH is 1. The SMILES string of the molecule is CC(CCO)CNS(=O)(=O)N1CC(C)CC(C)C1. The third kappa shape index (κ3) is 4.84. The molecule has 18 heavy (non-hydrogen) atoms. The van der Waals surface area contributed by atoms with E-state index < -0.39 is 10.2 Å². The summed E-state index contributed by atoms with van der Waals surface area (Å²) in [6.07, 6.45) is 1.71. The molecular weight excluding hydrogens is 252 g/mol. The highest BCUT2D eigenvalue weighted by Gasteiger charge is 2.30. The number of nitrogens with zero attached hydrogens (tertiary/aromatic N) is 1. The highest BCUT2D eigenvalue weighted by molar-refractivity contribution is 7.87. The zero-order valence-electron chi connectivity index (χ0n) is 11.6. The van der Waals surface area contributed by atoms with Crippen molar-refractivity contribution in [3.05, 3.63) is 0 Å². The number of piperidine rings is 1. The summed E-state index contributed by atoms with van der Waals surface area (Å²) in [4.78, 5) is 0. The van der Waals surface area contributed by atoms with E-state index >= 15 is 0 Å². The van der Waals surface area contributed by atoms with Crippen molar-refractivity contribution < 1.29 is 13.5 Å². The van der Waals surface area contributed by atoms with Crippen molar-refractivity contribution in [2.24, 2.45) is 17.8 Å². The van der Waals surface area contributed by atoms with E-state index in [9.17, 15) is 8.42 Å². The molecule has 0 aliphatic carbocycles. The van der Waals surface area contributed by atoms with Crippen LogP contribution in [0, 0.1) is 17.8 Å². The van der Waals surface area contributed by atoms with E-state index in [0.29, 0.717) is 37.9 Å². The van der Waals surface area contributed by atoms with Crippen molar-refractivity contribution in [1.29, 1.82) is 0 Å². The Morgan fingerprint density at radius 1 is 1.33 bits per heavy atom. The minimum absolute atomic E-state index is 0.0979. The van der Waals surface area contributed by atoms with Crippen molar-refractivity contribution in [1.82, 2.24) is 9.03 Å². The van der Waals surface area contributed by atoms with Gasteiger partial charge in [-0.1, -0.05) is 20.8 Å². The molecule has 5 nitrogen and oxygen atoms in total. The van der Waals surface area contributed by atoms with Crippen LogP contribution >= 0.6 is 0 Å². The van der Waals surface area contributed by atoms with Crippen LogP contribution in [0.2, 0.25) is 0 Å². The summed E-state index contributed by atoms with van der Waals surface area (Å²) in [5.41, 5.74) is 0. The first-order chi connectivity index (χ1) is 8.35. The van der Waals surface area contributed by atoms with E-state index in [1.807, 2.05) is 6.92 Å². The highest BCUT2D eigenvalue weighted by atomic mass is 32.2. The first kappa shape index (κ1) is 15.9. The van der Waals surface area contributed by atoms with Crippen molar-refractivity contribution >= 4 is 10.2 Å². The molecule has 3 atom stereocenters. The Balaban J connectivity index is 2.52. The van der Waals surface area contributed by atoms with Gasteiger partial charge in [-0.05, 0) is 30.6 Å². The summed E-state index contributed by atoms with van der Waals surface area (Å²) in [6.45, 7) is 7.81. The zero-order chi connectivity index (χ0) is 13.8. The van der Waals surface area contributed by atoms with Gasteiger partial charge < -0.3 is 5.11 Å². The van der Waals surface area contributed by atoms with Crippen molar-refractivity contribution in [3.63, 3.8) is 0 Å². The highest BCUT2D eigenvalue weighted by Crippen LogP contribution is 2.22. The molecule has 0 spiro atoms. The molecule has 0 amide bonds. The molecule has 1 fully saturated rings. The molecule has 3 unspecified atom stereocenters. The number of rotatable bonds is 6. The van der Waals surface area contributed by atoms with E-state index in [1.165, 1.54) is 0 Å². The molecule has 0 radical (unpaired) electrons. The summed E-state index contributed by atoms with van der Waals surface area (Å²) < 4.78 is 28.5. The van der Waals surface area contributed by atoms with Crippen molar-refractivity contribution in [2.75, 3.05) is 26.2 Å². The van der Waals surface area contributed by atoms with E-state index in [1.54, 1.807) is 4.31 Å². The number of hydrogen-bond donors (Lipinski definition) is 2. The Bertz CT molecular complexity index is 335. The Hall–Kier alpha value is -0.170. The fourth-order valence-electron chi connectivity index (χ4n) is 2.46. The van der Waals surface area contributed by atoms with Gasteiger partial charge in [-0.15, -0.1) is 0 Å². The Morgan fingerprint density at radius 2 is 1.89 bits per heavy atom. The number of aliphatic hydroxyl groups is 1. The molecular formula is C12H26N2O3S. The van der Waals surface area contributed by atoms with E-state index in [-0.39, 0.29) is 12.5 Å². The molecule has 1 saturated heterocycles. The number of hydrogen-bond acceptors (Lipinski definition) is 3. The van der Waals surface area contributed by atoms with Gasteiger partial charge in [-0.2, -0.15) is 12.7 Å². The maximum Gasteiger partial charge on any atom is 0.279 e. The zero-order valence-corrected chi connectivity index (χ0v) is 12.4. The second-order valence-corrected chi connectivity index (χ2v) is 7.49. The van der Waals surface area contributed by atoms with Gasteiger partial charge in [0, 0.05) is 26.2 Å². The molecule has 1 aliphatic heterocycles. The average Bonchev–Trinajstić information content (AvgIpc) is 2.26. The molecule has 1 rings (SSSR count). The first-order valence-corrected chi connectivity index (χ1v) is 8.14. The quantitative estimate of drug-likeness (QED) is 0.755. The van der Waals surface area contributed by atoms with Gasteiger partial charge in [-0.3, -0.25) is 0 Å². The molecule has 0 aromatic heterocycles. The van der Waals surface area contributed by atoms with Crippen LogP contribution in [-0.2, 0) is 10.2 Å². The van der Waals surface area contributed by atoms with E-state index in [4.69, 9.17) is 5.11 Å². The van der Waals surface area contributed by atoms with Crippen molar-refractivity contribution in [2.45, 2.75) is 33.6 Å². The predicted octanol–water partition coefficient (Wildman–Crippen LogP) is 0.817. The summed E-state index contributed by atoms with van der Waals surface area (Å²) >= 11 is 0. The third-order valence-corrected chi connectivity index (χ3v) is 4.92. The smallest absolute Gasteiger partial charge is 0.279 e.